The van der Waals surface area contributed by atoms with Crippen molar-refractivity contribution in [1.82, 2.24) is 30.1 Å². The molecule has 1 aromatic carbocycles. The van der Waals surface area contributed by atoms with Crippen LogP contribution in [0.2, 0.25) is 0 Å². The van der Waals surface area contributed by atoms with Crippen LogP contribution in [0.1, 0.15) is 28.2 Å². The molecule has 1 atom stereocenters. The van der Waals surface area contributed by atoms with Crippen molar-refractivity contribution in [3.63, 3.8) is 0 Å². The second kappa shape index (κ2) is 5.82. The number of nitrogens with one attached hydrogen (secondary N) is 1. The molecule has 2 N–H and O–H groups in total. The van der Waals surface area contributed by atoms with E-state index in [1.54, 1.807) is 15.8 Å². The summed E-state index contributed by atoms with van der Waals surface area (Å²) < 4.78 is 1.74. The topological polar surface area (TPSA) is 99.9 Å². The van der Waals surface area contributed by atoms with E-state index in [2.05, 4.69) is 20.5 Å². The van der Waals surface area contributed by atoms with Crippen LogP contribution in [0, 0.1) is 6.92 Å². The predicted octanol–water partition coefficient (Wildman–Crippen LogP) is 1.03. The van der Waals surface area contributed by atoms with Crippen molar-refractivity contribution in [1.29, 1.82) is 0 Å². The Balaban J connectivity index is 1.58. The smallest absolute Gasteiger partial charge is 0.257 e. The zero-order valence-electron chi connectivity index (χ0n) is 13.8. The number of amides is 1. The summed E-state index contributed by atoms with van der Waals surface area (Å²) in [5, 5.41) is 25.3. The van der Waals surface area contributed by atoms with Crippen LogP contribution < -0.4 is 0 Å². The fraction of sp³-hybridized carbons (Fsp3) is 0.294. The first-order valence-electron chi connectivity index (χ1n) is 8.06. The van der Waals surface area contributed by atoms with E-state index >= 15 is 0 Å². The van der Waals surface area contributed by atoms with Crippen LogP contribution in [0.5, 0.6) is 0 Å². The number of aliphatic hydroxyl groups is 1. The summed E-state index contributed by atoms with van der Waals surface area (Å²) in [5.41, 5.74) is 1.51. The molecule has 8 nitrogen and oxygen atoms in total. The number of β-amino-alcohol motifs (C(OH)–C–C–N with tert-alkyl or cyclic N) is 1. The van der Waals surface area contributed by atoms with Crippen molar-refractivity contribution >= 4 is 5.91 Å². The average Bonchev–Trinajstić information content (AvgIpc) is 3.35. The standard InChI is InChI=1S/C17H18N6O2/c1-12-14(9-19-23(12)13-5-3-2-4-6-13)16(24)22-8-7-17(25,11-22)15-10-18-21-20-15/h2-6,9-10,25H,7-8,11H2,1H3,(H,18,20,21)/t17-/m1/s1. The van der Waals surface area contributed by atoms with Gasteiger partial charge in [-0.15, -0.1) is 0 Å². The number of carbonyl (C=O) groups is 1. The molecule has 1 aliphatic rings. The van der Waals surface area contributed by atoms with E-state index in [4.69, 9.17) is 0 Å². The molecule has 0 unspecified atom stereocenters. The molecule has 1 saturated heterocycles. The molecule has 25 heavy (non-hydrogen) atoms. The number of carbonyl (C=O) groups excluding carboxylic acids is 1. The minimum atomic E-state index is -1.16. The van der Waals surface area contributed by atoms with Crippen LogP contribution in [-0.4, -0.2) is 54.2 Å². The van der Waals surface area contributed by atoms with E-state index < -0.39 is 5.60 Å². The fourth-order valence-corrected chi connectivity index (χ4v) is 3.22. The minimum absolute atomic E-state index is 0.140. The summed E-state index contributed by atoms with van der Waals surface area (Å²) >= 11 is 0. The molecular weight excluding hydrogens is 320 g/mol. The van der Waals surface area contributed by atoms with Gasteiger partial charge in [0, 0.05) is 13.0 Å². The van der Waals surface area contributed by atoms with Gasteiger partial charge in [-0.05, 0) is 19.1 Å². The van der Waals surface area contributed by atoms with Crippen LogP contribution in [-0.2, 0) is 5.60 Å². The highest BCUT2D eigenvalue weighted by Crippen LogP contribution is 2.31. The van der Waals surface area contributed by atoms with Crippen molar-refractivity contribution in [2.24, 2.45) is 0 Å². The van der Waals surface area contributed by atoms with E-state index in [-0.39, 0.29) is 12.5 Å². The zero-order valence-corrected chi connectivity index (χ0v) is 13.8. The molecule has 3 aromatic rings. The Labute approximate surface area is 144 Å². The third-order valence-electron chi connectivity index (χ3n) is 4.67. The van der Waals surface area contributed by atoms with Crippen LogP contribution >= 0.6 is 0 Å². The fourth-order valence-electron chi connectivity index (χ4n) is 3.22. The second-order valence-corrected chi connectivity index (χ2v) is 6.25. The van der Waals surface area contributed by atoms with Gasteiger partial charge in [-0.2, -0.15) is 20.5 Å². The third kappa shape index (κ3) is 2.60. The Morgan fingerprint density at radius 2 is 2.08 bits per heavy atom. The number of rotatable bonds is 3. The van der Waals surface area contributed by atoms with Crippen molar-refractivity contribution < 1.29 is 9.90 Å². The molecular formula is C17H18N6O2. The molecule has 1 aliphatic heterocycles. The maximum Gasteiger partial charge on any atom is 0.257 e. The molecule has 1 amide bonds. The SMILES string of the molecule is Cc1c(C(=O)N2CC[C@](O)(c3cn[nH]n3)C2)cnn1-c1ccccc1. The number of aromatic amines is 1. The average molecular weight is 338 g/mol. The van der Waals surface area contributed by atoms with E-state index in [0.29, 0.717) is 24.2 Å². The van der Waals surface area contributed by atoms with Crippen LogP contribution in [0.4, 0.5) is 0 Å². The van der Waals surface area contributed by atoms with E-state index in [0.717, 1.165) is 11.4 Å². The summed E-state index contributed by atoms with van der Waals surface area (Å²) in [5.74, 6) is -0.140. The Kier molecular flexibility index (Phi) is 3.61. The zero-order chi connectivity index (χ0) is 17.4. The van der Waals surface area contributed by atoms with E-state index in [9.17, 15) is 9.90 Å². The molecule has 3 heterocycles. The van der Waals surface area contributed by atoms with Crippen molar-refractivity contribution in [2.75, 3.05) is 13.1 Å². The Bertz CT molecular complexity index is 889. The van der Waals surface area contributed by atoms with Crippen molar-refractivity contribution in [3.8, 4) is 5.69 Å². The first-order valence-corrected chi connectivity index (χ1v) is 8.06. The van der Waals surface area contributed by atoms with Gasteiger partial charge in [-0.25, -0.2) is 4.68 Å². The normalized spacial score (nSPS) is 20.2. The molecule has 0 saturated carbocycles. The molecule has 0 spiro atoms. The van der Waals surface area contributed by atoms with E-state index in [1.807, 2.05) is 37.3 Å². The number of para-hydroxylation sites is 1. The number of hydrogen-bond donors (Lipinski definition) is 2. The van der Waals surface area contributed by atoms with Gasteiger partial charge in [-0.1, -0.05) is 18.2 Å². The highest BCUT2D eigenvalue weighted by molar-refractivity contribution is 5.95. The number of H-pyrrole nitrogens is 1. The van der Waals surface area contributed by atoms with Crippen molar-refractivity contribution in [3.05, 3.63) is 59.7 Å². The number of nitrogens with zero attached hydrogens (tertiary/aromatic N) is 5. The third-order valence-corrected chi connectivity index (χ3v) is 4.67. The van der Waals surface area contributed by atoms with Crippen LogP contribution in [0.25, 0.3) is 5.69 Å². The Morgan fingerprint density at radius 3 is 2.80 bits per heavy atom. The molecule has 2 aromatic heterocycles. The largest absolute Gasteiger partial charge is 0.381 e. The van der Waals surface area contributed by atoms with Gasteiger partial charge in [0.25, 0.3) is 5.91 Å². The van der Waals surface area contributed by atoms with Gasteiger partial charge in [0.2, 0.25) is 0 Å². The number of hydrogen-bond acceptors (Lipinski definition) is 5. The molecule has 8 heteroatoms. The maximum atomic E-state index is 12.9. The molecule has 0 aliphatic carbocycles. The Morgan fingerprint density at radius 1 is 1.28 bits per heavy atom. The molecule has 0 bridgehead atoms. The van der Waals surface area contributed by atoms with Gasteiger partial charge in [0.15, 0.2) is 0 Å². The maximum absolute atomic E-state index is 12.9. The molecule has 4 rings (SSSR count). The lowest BCUT2D eigenvalue weighted by Crippen LogP contribution is -2.34. The first kappa shape index (κ1) is 15.5. The number of likely N-dealkylation sites (tertiary alicyclic amines) is 1. The first-order chi connectivity index (χ1) is 12.1. The van der Waals surface area contributed by atoms with E-state index in [1.165, 1.54) is 6.20 Å². The summed E-state index contributed by atoms with van der Waals surface area (Å²) in [7, 11) is 0. The van der Waals surface area contributed by atoms with Crippen LogP contribution in [0.3, 0.4) is 0 Å². The number of benzene rings is 1. The highest BCUT2D eigenvalue weighted by atomic mass is 16.3. The molecule has 0 radical (unpaired) electrons. The van der Waals surface area contributed by atoms with Gasteiger partial charge in [-0.3, -0.25) is 4.79 Å². The lowest BCUT2D eigenvalue weighted by molar-refractivity contribution is 0.0382. The lowest BCUT2D eigenvalue weighted by atomic mass is 10.00. The van der Waals surface area contributed by atoms with Gasteiger partial charge in [0.05, 0.1) is 35.9 Å². The monoisotopic (exact) mass is 338 g/mol. The van der Waals surface area contributed by atoms with Gasteiger partial charge < -0.3 is 10.0 Å². The summed E-state index contributed by atoms with van der Waals surface area (Å²) in [4.78, 5) is 14.5. The second-order valence-electron chi connectivity index (χ2n) is 6.25. The summed E-state index contributed by atoms with van der Waals surface area (Å²) in [6.07, 6.45) is 3.50. The Hall–Kier alpha value is -3.00. The highest BCUT2D eigenvalue weighted by Gasteiger charge is 2.42. The predicted molar refractivity (Wildman–Crippen MR) is 89.1 cm³/mol. The van der Waals surface area contributed by atoms with Gasteiger partial charge in [0.1, 0.15) is 11.3 Å². The molecule has 128 valence electrons. The minimum Gasteiger partial charge on any atom is -0.381 e. The van der Waals surface area contributed by atoms with Crippen molar-refractivity contribution in [2.45, 2.75) is 18.9 Å². The summed E-state index contributed by atoms with van der Waals surface area (Å²) in [6, 6.07) is 9.66. The van der Waals surface area contributed by atoms with Crippen LogP contribution in [0.15, 0.2) is 42.7 Å². The quantitative estimate of drug-likeness (QED) is 0.743. The summed E-state index contributed by atoms with van der Waals surface area (Å²) in [6.45, 7) is 2.51. The lowest BCUT2D eigenvalue weighted by Gasteiger charge is -2.21. The molecule has 1 fully saturated rings. The number of aromatic nitrogens is 5. The van der Waals surface area contributed by atoms with Gasteiger partial charge >= 0.3 is 0 Å².